The molecular formula is C13H17NO4S. The van der Waals surface area contributed by atoms with E-state index in [2.05, 4.69) is 0 Å². The Morgan fingerprint density at radius 3 is 2.68 bits per heavy atom. The van der Waals surface area contributed by atoms with E-state index in [1.165, 1.54) is 18.9 Å². The van der Waals surface area contributed by atoms with Crippen LogP contribution in [0.3, 0.4) is 0 Å². The number of aryl methyl sites for hydroxylation is 1. The van der Waals surface area contributed by atoms with Crippen molar-refractivity contribution in [2.24, 2.45) is 11.1 Å². The zero-order valence-corrected chi connectivity index (χ0v) is 11.6. The maximum atomic E-state index is 11.8. The lowest BCUT2D eigenvalue weighted by molar-refractivity contribution is 0.0494. The number of carbonyl (C=O) groups excluding carboxylic acids is 1. The summed E-state index contributed by atoms with van der Waals surface area (Å²) < 4.78 is 27.8. The molecule has 1 aromatic rings. The third-order valence-electron chi connectivity index (χ3n) is 3.19. The van der Waals surface area contributed by atoms with E-state index in [0.29, 0.717) is 18.1 Å². The number of sulfonamides is 1. The molecule has 0 aliphatic heterocycles. The van der Waals surface area contributed by atoms with Crippen LogP contribution in [0, 0.1) is 12.8 Å². The van der Waals surface area contributed by atoms with Gasteiger partial charge in [-0.05, 0) is 37.0 Å². The van der Waals surface area contributed by atoms with Crippen molar-refractivity contribution in [3.63, 3.8) is 0 Å². The van der Waals surface area contributed by atoms with Crippen LogP contribution in [-0.4, -0.2) is 21.0 Å². The fourth-order valence-electron chi connectivity index (χ4n) is 1.84. The Bertz CT molecular complexity index is 591. The molecule has 104 valence electrons. The molecule has 2 N–H and O–H groups in total. The van der Waals surface area contributed by atoms with Crippen molar-refractivity contribution >= 4 is 16.0 Å². The van der Waals surface area contributed by atoms with Crippen LogP contribution >= 0.6 is 0 Å². The highest BCUT2D eigenvalue weighted by atomic mass is 32.2. The topological polar surface area (TPSA) is 86.5 Å². The van der Waals surface area contributed by atoms with Crippen molar-refractivity contribution in [1.29, 1.82) is 0 Å². The maximum absolute atomic E-state index is 11.8. The van der Waals surface area contributed by atoms with Crippen LogP contribution in [0.5, 0.6) is 0 Å². The Hall–Kier alpha value is -1.40. The number of esters is 1. The first-order valence-corrected chi connectivity index (χ1v) is 7.73. The molecule has 0 atom stereocenters. The van der Waals surface area contributed by atoms with Crippen molar-refractivity contribution in [2.45, 2.75) is 31.1 Å². The number of rotatable bonds is 5. The van der Waals surface area contributed by atoms with Gasteiger partial charge in [0, 0.05) is 0 Å². The van der Waals surface area contributed by atoms with Crippen molar-refractivity contribution < 1.29 is 17.9 Å². The summed E-state index contributed by atoms with van der Waals surface area (Å²) in [5.41, 5.74) is 0.724. The summed E-state index contributed by atoms with van der Waals surface area (Å²) in [6.07, 6.45) is 3.29. The van der Waals surface area contributed by atoms with Gasteiger partial charge in [-0.2, -0.15) is 0 Å². The normalized spacial score (nSPS) is 15.3. The standard InChI is InChI=1S/C13H17NO4S/c1-9-2-5-11(8-12(9)19(14,16)17)13(15)18-7-6-10-3-4-10/h2,5,8,10H,3-4,6-7H2,1H3,(H2,14,16,17). The van der Waals surface area contributed by atoms with Crippen LogP contribution in [0.1, 0.15) is 35.2 Å². The number of carbonyl (C=O) groups is 1. The third kappa shape index (κ3) is 3.78. The number of hydrogen-bond donors (Lipinski definition) is 1. The Kier molecular flexibility index (Phi) is 3.91. The molecule has 1 fully saturated rings. The van der Waals surface area contributed by atoms with Crippen LogP contribution in [0.25, 0.3) is 0 Å². The van der Waals surface area contributed by atoms with E-state index >= 15 is 0 Å². The Morgan fingerprint density at radius 2 is 2.11 bits per heavy atom. The monoisotopic (exact) mass is 283 g/mol. The maximum Gasteiger partial charge on any atom is 0.338 e. The van der Waals surface area contributed by atoms with E-state index in [1.807, 2.05) is 0 Å². The molecule has 0 saturated heterocycles. The summed E-state index contributed by atoms with van der Waals surface area (Å²) in [7, 11) is -3.82. The van der Waals surface area contributed by atoms with E-state index in [9.17, 15) is 13.2 Å². The third-order valence-corrected chi connectivity index (χ3v) is 4.24. The second kappa shape index (κ2) is 5.30. The summed E-state index contributed by atoms with van der Waals surface area (Å²) in [4.78, 5) is 11.7. The molecule has 19 heavy (non-hydrogen) atoms. The lowest BCUT2D eigenvalue weighted by atomic mass is 10.1. The molecule has 1 aromatic carbocycles. The van der Waals surface area contributed by atoms with Crippen LogP contribution in [-0.2, 0) is 14.8 Å². The lowest BCUT2D eigenvalue weighted by Gasteiger charge is -2.07. The minimum atomic E-state index is -3.82. The predicted octanol–water partition coefficient (Wildman–Crippen LogP) is 1.60. The van der Waals surface area contributed by atoms with E-state index in [4.69, 9.17) is 9.88 Å². The second-order valence-corrected chi connectivity index (χ2v) is 6.42. The Morgan fingerprint density at radius 1 is 1.42 bits per heavy atom. The predicted molar refractivity (Wildman–Crippen MR) is 70.2 cm³/mol. The van der Waals surface area contributed by atoms with E-state index in [0.717, 1.165) is 6.42 Å². The second-order valence-electron chi connectivity index (χ2n) is 4.89. The minimum absolute atomic E-state index is 0.0378. The van der Waals surface area contributed by atoms with Crippen molar-refractivity contribution in [3.8, 4) is 0 Å². The zero-order chi connectivity index (χ0) is 14.0. The highest BCUT2D eigenvalue weighted by Gasteiger charge is 2.21. The van der Waals surface area contributed by atoms with Gasteiger partial charge in [0.25, 0.3) is 0 Å². The first-order chi connectivity index (χ1) is 8.88. The highest BCUT2D eigenvalue weighted by Crippen LogP contribution is 2.32. The molecule has 0 spiro atoms. The summed E-state index contributed by atoms with van der Waals surface area (Å²) in [6.45, 7) is 2.00. The van der Waals surface area contributed by atoms with Gasteiger partial charge >= 0.3 is 5.97 Å². The molecule has 0 bridgehead atoms. The first-order valence-electron chi connectivity index (χ1n) is 6.18. The van der Waals surface area contributed by atoms with Crippen LogP contribution in [0.15, 0.2) is 23.1 Å². The van der Waals surface area contributed by atoms with Crippen molar-refractivity contribution in [2.75, 3.05) is 6.61 Å². The number of hydrogen-bond acceptors (Lipinski definition) is 4. The number of ether oxygens (including phenoxy) is 1. The minimum Gasteiger partial charge on any atom is -0.462 e. The zero-order valence-electron chi connectivity index (χ0n) is 10.8. The van der Waals surface area contributed by atoms with Gasteiger partial charge < -0.3 is 4.74 Å². The molecule has 0 heterocycles. The van der Waals surface area contributed by atoms with Gasteiger partial charge in [0.05, 0.1) is 17.1 Å². The molecule has 1 aliphatic rings. The van der Waals surface area contributed by atoms with Crippen LogP contribution in [0.4, 0.5) is 0 Å². The van der Waals surface area contributed by atoms with Crippen molar-refractivity contribution in [3.05, 3.63) is 29.3 Å². The van der Waals surface area contributed by atoms with Crippen LogP contribution in [0.2, 0.25) is 0 Å². The van der Waals surface area contributed by atoms with Gasteiger partial charge in [-0.25, -0.2) is 18.4 Å². The van der Waals surface area contributed by atoms with Gasteiger partial charge in [-0.15, -0.1) is 0 Å². The molecule has 0 unspecified atom stereocenters. The quantitative estimate of drug-likeness (QED) is 0.831. The SMILES string of the molecule is Cc1ccc(C(=O)OCCC2CC2)cc1S(N)(=O)=O. The molecule has 2 rings (SSSR count). The summed E-state index contributed by atoms with van der Waals surface area (Å²) in [5, 5.41) is 5.09. The number of primary sulfonamides is 1. The smallest absolute Gasteiger partial charge is 0.338 e. The van der Waals surface area contributed by atoms with Gasteiger partial charge in [0.1, 0.15) is 0 Å². The van der Waals surface area contributed by atoms with E-state index < -0.39 is 16.0 Å². The Balaban J connectivity index is 2.08. The van der Waals surface area contributed by atoms with Crippen LogP contribution < -0.4 is 5.14 Å². The molecule has 6 heteroatoms. The lowest BCUT2D eigenvalue weighted by Crippen LogP contribution is -2.15. The van der Waals surface area contributed by atoms with Gasteiger partial charge in [0.2, 0.25) is 10.0 Å². The first kappa shape index (κ1) is 14.0. The van der Waals surface area contributed by atoms with Gasteiger partial charge in [-0.1, -0.05) is 18.9 Å². The van der Waals surface area contributed by atoms with E-state index in [-0.39, 0.29) is 10.5 Å². The molecule has 0 amide bonds. The van der Waals surface area contributed by atoms with E-state index in [1.54, 1.807) is 19.1 Å². The number of nitrogens with two attached hydrogens (primary N) is 1. The number of benzene rings is 1. The molecular weight excluding hydrogens is 266 g/mol. The molecule has 1 saturated carbocycles. The fourth-order valence-corrected chi connectivity index (χ4v) is 2.65. The molecule has 5 nitrogen and oxygen atoms in total. The largest absolute Gasteiger partial charge is 0.462 e. The molecule has 0 radical (unpaired) electrons. The highest BCUT2D eigenvalue weighted by molar-refractivity contribution is 7.89. The molecule has 1 aliphatic carbocycles. The van der Waals surface area contributed by atoms with Gasteiger partial charge in [0.15, 0.2) is 0 Å². The average molecular weight is 283 g/mol. The summed E-state index contributed by atoms with van der Waals surface area (Å²) in [5.74, 6) is 0.177. The van der Waals surface area contributed by atoms with Gasteiger partial charge in [-0.3, -0.25) is 0 Å². The summed E-state index contributed by atoms with van der Waals surface area (Å²) >= 11 is 0. The molecule has 0 aromatic heterocycles. The fraction of sp³-hybridized carbons (Fsp3) is 0.462. The van der Waals surface area contributed by atoms with Crippen molar-refractivity contribution in [1.82, 2.24) is 0 Å². The Labute approximate surface area is 112 Å². The summed E-state index contributed by atoms with van der Waals surface area (Å²) in [6, 6.07) is 4.37. The average Bonchev–Trinajstić information content (AvgIpc) is 3.12.